The largest absolute Gasteiger partial charge is 0.312 e. The van der Waals surface area contributed by atoms with Crippen LogP contribution in [0.4, 0.5) is 0 Å². The Morgan fingerprint density at radius 3 is 3.07 bits per heavy atom. The Bertz CT molecular complexity index is 294. The van der Waals surface area contributed by atoms with E-state index in [9.17, 15) is 0 Å². The summed E-state index contributed by atoms with van der Waals surface area (Å²) in [4.78, 5) is 4.03. The number of rotatable bonds is 6. The van der Waals surface area contributed by atoms with Gasteiger partial charge in [0.25, 0.3) is 0 Å². The average Bonchev–Trinajstić information content (AvgIpc) is 2.21. The van der Waals surface area contributed by atoms with Crippen LogP contribution in [-0.4, -0.2) is 23.5 Å². The van der Waals surface area contributed by atoms with Gasteiger partial charge in [0.2, 0.25) is 0 Å². The van der Waals surface area contributed by atoms with E-state index in [2.05, 4.69) is 23.5 Å². The Balaban J connectivity index is 2.29. The van der Waals surface area contributed by atoms with Gasteiger partial charge in [0.15, 0.2) is 0 Å². The zero-order valence-corrected chi connectivity index (χ0v) is 10.7. The van der Waals surface area contributed by atoms with E-state index in [1.54, 1.807) is 6.20 Å². The Morgan fingerprint density at radius 1 is 1.60 bits per heavy atom. The summed E-state index contributed by atoms with van der Waals surface area (Å²) in [5.74, 6) is 1.88. The first-order valence-corrected chi connectivity index (χ1v) is 6.80. The van der Waals surface area contributed by atoms with Crippen molar-refractivity contribution in [3.63, 3.8) is 0 Å². The molecule has 0 radical (unpaired) electrons. The summed E-state index contributed by atoms with van der Waals surface area (Å²) in [5, 5.41) is 3.99. The van der Waals surface area contributed by atoms with Gasteiger partial charge in [-0.3, -0.25) is 0 Å². The molecule has 1 unspecified atom stereocenters. The van der Waals surface area contributed by atoms with Gasteiger partial charge in [-0.15, -0.1) is 0 Å². The molecule has 0 saturated heterocycles. The highest BCUT2D eigenvalue weighted by atomic mass is 35.5. The van der Waals surface area contributed by atoms with E-state index in [0.717, 1.165) is 18.7 Å². The van der Waals surface area contributed by atoms with Crippen LogP contribution in [0.2, 0.25) is 5.15 Å². The fourth-order valence-corrected chi connectivity index (χ4v) is 2.22. The molecule has 1 heterocycles. The second kappa shape index (κ2) is 7.09. The molecule has 0 aliphatic heterocycles. The average molecular weight is 245 g/mol. The number of thioether (sulfide) groups is 1. The minimum Gasteiger partial charge on any atom is -0.312 e. The molecule has 0 aromatic carbocycles. The fourth-order valence-electron chi connectivity index (χ4n) is 1.35. The number of hydrogen-bond acceptors (Lipinski definition) is 3. The molecular formula is C11H17ClN2S. The van der Waals surface area contributed by atoms with Gasteiger partial charge in [0.1, 0.15) is 5.15 Å². The molecule has 1 atom stereocenters. The molecule has 0 fully saturated rings. The lowest BCUT2D eigenvalue weighted by Gasteiger charge is -2.11. The minimum atomic E-state index is 0.600. The maximum atomic E-state index is 5.95. The molecule has 0 aliphatic carbocycles. The van der Waals surface area contributed by atoms with Gasteiger partial charge in [0, 0.05) is 18.3 Å². The van der Waals surface area contributed by atoms with Crippen molar-refractivity contribution in [2.75, 3.05) is 18.6 Å². The van der Waals surface area contributed by atoms with E-state index in [4.69, 9.17) is 11.6 Å². The summed E-state index contributed by atoms with van der Waals surface area (Å²) >= 11 is 7.83. The van der Waals surface area contributed by atoms with E-state index in [-0.39, 0.29) is 0 Å². The van der Waals surface area contributed by atoms with Gasteiger partial charge in [0.05, 0.1) is 0 Å². The van der Waals surface area contributed by atoms with Crippen LogP contribution in [0, 0.1) is 5.92 Å². The molecule has 84 valence electrons. The van der Waals surface area contributed by atoms with Crippen LogP contribution in [0.1, 0.15) is 12.5 Å². The van der Waals surface area contributed by atoms with Crippen LogP contribution >= 0.6 is 23.4 Å². The number of pyridine rings is 1. The molecule has 1 N–H and O–H groups in total. The molecule has 0 spiro atoms. The third-order valence-corrected chi connectivity index (χ3v) is 3.34. The van der Waals surface area contributed by atoms with E-state index in [0.29, 0.717) is 11.1 Å². The standard InChI is InChI=1S/C11H17ClN2S/c1-9(8-15-2)6-13-7-10-4-3-5-14-11(10)12/h3-5,9,13H,6-8H2,1-2H3. The summed E-state index contributed by atoms with van der Waals surface area (Å²) < 4.78 is 0. The summed E-state index contributed by atoms with van der Waals surface area (Å²) in [7, 11) is 0. The fraction of sp³-hybridized carbons (Fsp3) is 0.545. The van der Waals surface area contributed by atoms with Crippen LogP contribution < -0.4 is 5.32 Å². The predicted octanol–water partition coefficient (Wildman–Crippen LogP) is 2.82. The first kappa shape index (κ1) is 12.8. The smallest absolute Gasteiger partial charge is 0.133 e. The third-order valence-electron chi connectivity index (χ3n) is 2.10. The van der Waals surface area contributed by atoms with Gasteiger partial charge >= 0.3 is 0 Å². The normalized spacial score (nSPS) is 12.7. The van der Waals surface area contributed by atoms with Crippen LogP contribution in [-0.2, 0) is 6.54 Å². The molecule has 15 heavy (non-hydrogen) atoms. The van der Waals surface area contributed by atoms with Crippen molar-refractivity contribution in [3.05, 3.63) is 29.0 Å². The van der Waals surface area contributed by atoms with Crippen molar-refractivity contribution in [2.24, 2.45) is 5.92 Å². The highest BCUT2D eigenvalue weighted by Crippen LogP contribution is 2.11. The van der Waals surface area contributed by atoms with Gasteiger partial charge in [-0.1, -0.05) is 24.6 Å². The predicted molar refractivity (Wildman–Crippen MR) is 68.5 cm³/mol. The molecule has 1 aromatic heterocycles. The third kappa shape index (κ3) is 4.87. The Labute approximate surface area is 101 Å². The quantitative estimate of drug-likeness (QED) is 0.779. The molecule has 0 bridgehead atoms. The van der Waals surface area contributed by atoms with Crippen LogP contribution in [0.3, 0.4) is 0 Å². The van der Waals surface area contributed by atoms with Crippen molar-refractivity contribution < 1.29 is 0 Å². The van der Waals surface area contributed by atoms with Crippen molar-refractivity contribution in [2.45, 2.75) is 13.5 Å². The van der Waals surface area contributed by atoms with E-state index in [1.807, 2.05) is 23.9 Å². The topological polar surface area (TPSA) is 24.9 Å². The number of nitrogens with one attached hydrogen (secondary N) is 1. The molecular weight excluding hydrogens is 228 g/mol. The highest BCUT2D eigenvalue weighted by Gasteiger charge is 2.02. The molecule has 0 aliphatic rings. The van der Waals surface area contributed by atoms with E-state index >= 15 is 0 Å². The highest BCUT2D eigenvalue weighted by molar-refractivity contribution is 7.98. The van der Waals surface area contributed by atoms with E-state index in [1.165, 1.54) is 5.75 Å². The summed E-state index contributed by atoms with van der Waals surface area (Å²) in [6.07, 6.45) is 3.84. The van der Waals surface area contributed by atoms with Gasteiger partial charge in [-0.05, 0) is 30.5 Å². The molecule has 0 saturated carbocycles. The zero-order valence-electron chi connectivity index (χ0n) is 9.16. The first-order valence-electron chi connectivity index (χ1n) is 5.03. The lowest BCUT2D eigenvalue weighted by molar-refractivity contribution is 0.559. The SMILES string of the molecule is CSCC(C)CNCc1cccnc1Cl. The second-order valence-corrected chi connectivity index (χ2v) is 4.91. The Hall–Kier alpha value is -0.250. The summed E-state index contributed by atoms with van der Waals surface area (Å²) in [6.45, 7) is 4.06. The lowest BCUT2D eigenvalue weighted by atomic mass is 10.2. The molecule has 2 nitrogen and oxygen atoms in total. The monoisotopic (exact) mass is 244 g/mol. The molecule has 1 rings (SSSR count). The second-order valence-electron chi connectivity index (χ2n) is 3.64. The Kier molecular flexibility index (Phi) is 6.06. The van der Waals surface area contributed by atoms with Crippen molar-refractivity contribution in [1.29, 1.82) is 0 Å². The number of aromatic nitrogens is 1. The van der Waals surface area contributed by atoms with Gasteiger partial charge < -0.3 is 5.32 Å². The molecule has 1 aromatic rings. The maximum absolute atomic E-state index is 5.95. The van der Waals surface area contributed by atoms with Crippen molar-refractivity contribution >= 4 is 23.4 Å². The first-order chi connectivity index (χ1) is 7.24. The van der Waals surface area contributed by atoms with Crippen LogP contribution in [0.5, 0.6) is 0 Å². The molecule has 0 amide bonds. The Morgan fingerprint density at radius 2 is 2.40 bits per heavy atom. The van der Waals surface area contributed by atoms with Crippen molar-refractivity contribution in [1.82, 2.24) is 10.3 Å². The number of hydrogen-bond donors (Lipinski definition) is 1. The number of halogens is 1. The summed E-state index contributed by atoms with van der Waals surface area (Å²) in [6, 6.07) is 3.91. The minimum absolute atomic E-state index is 0.600. The number of nitrogens with zero attached hydrogens (tertiary/aromatic N) is 1. The summed E-state index contributed by atoms with van der Waals surface area (Å²) in [5.41, 5.74) is 1.07. The van der Waals surface area contributed by atoms with Crippen molar-refractivity contribution in [3.8, 4) is 0 Å². The van der Waals surface area contributed by atoms with Gasteiger partial charge in [-0.25, -0.2) is 4.98 Å². The van der Waals surface area contributed by atoms with Gasteiger partial charge in [-0.2, -0.15) is 11.8 Å². The van der Waals surface area contributed by atoms with Crippen LogP contribution in [0.15, 0.2) is 18.3 Å². The molecule has 4 heteroatoms. The maximum Gasteiger partial charge on any atom is 0.133 e. The zero-order chi connectivity index (χ0) is 11.1. The van der Waals surface area contributed by atoms with E-state index < -0.39 is 0 Å². The van der Waals surface area contributed by atoms with Crippen LogP contribution in [0.25, 0.3) is 0 Å². The lowest BCUT2D eigenvalue weighted by Crippen LogP contribution is -2.22.